The van der Waals surface area contributed by atoms with Crippen LogP contribution in [0.4, 0.5) is 21.0 Å². The maximum absolute atomic E-state index is 12.3. The number of urea groups is 2. The van der Waals surface area contributed by atoms with Gasteiger partial charge in [-0.1, -0.05) is 77.0 Å². The standard InChI is InChI=1S/C40H78N4O8Si2/c1-7-47-53(48-8-2,49-9-3)35-27-23-19-15-13-17-21-25-33-41-39(45)43-37-29-31-38(32-30-37)44-40(46)42-34-26-22-18-14-16-20-24-28-36-54(50-10-4,51-11-5)52-12-6/h29-32H,7-28,33-36H2,1-6H3,(H2,41,43,45)(H2,42,44,46). The van der Waals surface area contributed by atoms with Crippen LogP contribution in [-0.2, 0) is 26.6 Å². The quantitative estimate of drug-likeness (QED) is 0.0389. The second kappa shape index (κ2) is 33.1. The van der Waals surface area contributed by atoms with Gasteiger partial charge in [0, 0.05) is 76.2 Å². The molecule has 314 valence electrons. The van der Waals surface area contributed by atoms with E-state index in [0.717, 1.165) is 50.6 Å². The van der Waals surface area contributed by atoms with E-state index in [-0.39, 0.29) is 12.1 Å². The van der Waals surface area contributed by atoms with Gasteiger partial charge in [-0.05, 0) is 91.5 Å². The molecule has 0 saturated heterocycles. The molecule has 54 heavy (non-hydrogen) atoms. The van der Waals surface area contributed by atoms with Crippen molar-refractivity contribution in [3.63, 3.8) is 0 Å². The van der Waals surface area contributed by atoms with E-state index in [1.165, 1.54) is 64.2 Å². The molecule has 14 heteroatoms. The SMILES string of the molecule is CCO[Si](CCCCCCCCCCNC(=O)Nc1ccc(NC(=O)NCCCCCCCCCC[Si](OCC)(OCC)OCC)cc1)(OCC)OCC. The van der Waals surface area contributed by atoms with Crippen molar-refractivity contribution in [1.29, 1.82) is 0 Å². The summed E-state index contributed by atoms with van der Waals surface area (Å²) in [6.45, 7) is 17.1. The summed E-state index contributed by atoms with van der Waals surface area (Å²) >= 11 is 0. The Balaban J connectivity index is 2.06. The largest absolute Gasteiger partial charge is 0.500 e. The number of rotatable bonds is 36. The summed E-state index contributed by atoms with van der Waals surface area (Å²) in [6, 6.07) is 8.50. The smallest absolute Gasteiger partial charge is 0.374 e. The Morgan fingerprint density at radius 1 is 0.407 bits per heavy atom. The van der Waals surface area contributed by atoms with Crippen LogP contribution in [0.1, 0.15) is 144 Å². The molecule has 1 aromatic carbocycles. The molecule has 0 saturated carbocycles. The van der Waals surface area contributed by atoms with E-state index in [9.17, 15) is 9.59 Å². The van der Waals surface area contributed by atoms with Crippen LogP contribution in [0, 0.1) is 0 Å². The molecule has 0 unspecified atom stereocenters. The fraction of sp³-hybridized carbons (Fsp3) is 0.800. The molecule has 0 heterocycles. The van der Waals surface area contributed by atoms with E-state index in [1.54, 1.807) is 24.3 Å². The van der Waals surface area contributed by atoms with Crippen molar-refractivity contribution in [3.05, 3.63) is 24.3 Å². The fourth-order valence-corrected chi connectivity index (χ4v) is 11.8. The van der Waals surface area contributed by atoms with Gasteiger partial charge < -0.3 is 47.8 Å². The normalized spacial score (nSPS) is 11.8. The van der Waals surface area contributed by atoms with Crippen molar-refractivity contribution in [2.75, 3.05) is 63.4 Å². The predicted molar refractivity (Wildman–Crippen MR) is 225 cm³/mol. The maximum Gasteiger partial charge on any atom is 0.500 e. The molecule has 4 amide bonds. The summed E-state index contributed by atoms with van der Waals surface area (Å²) in [5, 5.41) is 11.6. The lowest BCUT2D eigenvalue weighted by atomic mass is 10.1. The van der Waals surface area contributed by atoms with Gasteiger partial charge in [-0.3, -0.25) is 0 Å². The van der Waals surface area contributed by atoms with Crippen molar-refractivity contribution in [2.45, 2.75) is 156 Å². The van der Waals surface area contributed by atoms with Crippen LogP contribution in [0.3, 0.4) is 0 Å². The topological polar surface area (TPSA) is 138 Å². The molecule has 1 aromatic rings. The Bertz CT molecular complexity index is 942. The highest BCUT2D eigenvalue weighted by molar-refractivity contribution is 6.61. The van der Waals surface area contributed by atoms with Crippen molar-refractivity contribution >= 4 is 41.0 Å². The third kappa shape index (κ3) is 24.5. The third-order valence-corrected chi connectivity index (χ3v) is 15.3. The highest BCUT2D eigenvalue weighted by atomic mass is 28.4. The molecular formula is C40H78N4O8Si2. The van der Waals surface area contributed by atoms with Gasteiger partial charge >= 0.3 is 29.7 Å². The minimum atomic E-state index is -2.51. The minimum absolute atomic E-state index is 0.218. The van der Waals surface area contributed by atoms with Crippen LogP contribution in [0.2, 0.25) is 12.1 Å². The Morgan fingerprint density at radius 3 is 0.907 bits per heavy atom. The van der Waals surface area contributed by atoms with Crippen LogP contribution in [0.25, 0.3) is 0 Å². The van der Waals surface area contributed by atoms with Crippen LogP contribution in [0.5, 0.6) is 0 Å². The van der Waals surface area contributed by atoms with Crippen molar-refractivity contribution < 1.29 is 36.1 Å². The third-order valence-electron chi connectivity index (χ3n) is 8.98. The lowest BCUT2D eigenvalue weighted by molar-refractivity contribution is 0.0698. The first kappa shape index (κ1) is 50.0. The van der Waals surface area contributed by atoms with E-state index in [1.807, 2.05) is 41.5 Å². The average molecular weight is 799 g/mol. The van der Waals surface area contributed by atoms with Gasteiger partial charge in [0.05, 0.1) is 0 Å². The van der Waals surface area contributed by atoms with E-state index in [0.29, 0.717) is 64.1 Å². The molecule has 4 N–H and O–H groups in total. The second-order valence-electron chi connectivity index (χ2n) is 13.5. The first-order chi connectivity index (χ1) is 26.3. The highest BCUT2D eigenvalue weighted by Gasteiger charge is 2.40. The average Bonchev–Trinajstić information content (AvgIpc) is 3.14. The highest BCUT2D eigenvalue weighted by Crippen LogP contribution is 2.22. The monoisotopic (exact) mass is 799 g/mol. The van der Waals surface area contributed by atoms with E-state index >= 15 is 0 Å². The van der Waals surface area contributed by atoms with Gasteiger partial charge in [-0.15, -0.1) is 0 Å². The van der Waals surface area contributed by atoms with Crippen molar-refractivity contribution in [3.8, 4) is 0 Å². The number of hydrogen-bond donors (Lipinski definition) is 4. The van der Waals surface area contributed by atoms with E-state index < -0.39 is 17.6 Å². The zero-order valence-corrected chi connectivity index (χ0v) is 37.0. The Kier molecular flexibility index (Phi) is 30.7. The van der Waals surface area contributed by atoms with Gasteiger partial charge in [0.2, 0.25) is 0 Å². The molecule has 0 aromatic heterocycles. The van der Waals surface area contributed by atoms with Crippen LogP contribution in [0.15, 0.2) is 24.3 Å². The number of carbonyl (C=O) groups is 2. The molecule has 0 aliphatic rings. The minimum Gasteiger partial charge on any atom is -0.374 e. The van der Waals surface area contributed by atoms with Crippen molar-refractivity contribution in [1.82, 2.24) is 10.6 Å². The summed E-state index contributed by atoms with van der Waals surface area (Å²) in [5.41, 5.74) is 1.36. The van der Waals surface area contributed by atoms with Gasteiger partial charge in [-0.2, -0.15) is 0 Å². The van der Waals surface area contributed by atoms with Crippen LogP contribution >= 0.6 is 0 Å². The Hall–Kier alpha value is -2.05. The van der Waals surface area contributed by atoms with Gasteiger partial charge in [0.1, 0.15) is 0 Å². The van der Waals surface area contributed by atoms with Crippen molar-refractivity contribution in [2.24, 2.45) is 0 Å². The van der Waals surface area contributed by atoms with Gasteiger partial charge in [0.25, 0.3) is 0 Å². The maximum atomic E-state index is 12.3. The predicted octanol–water partition coefficient (Wildman–Crippen LogP) is 10.3. The first-order valence-corrected chi connectivity index (χ1v) is 25.2. The summed E-state index contributed by atoms with van der Waals surface area (Å²) in [5.74, 6) is 0. The zero-order valence-electron chi connectivity index (χ0n) is 35.0. The Morgan fingerprint density at radius 2 is 0.648 bits per heavy atom. The molecule has 0 aliphatic carbocycles. The summed E-state index contributed by atoms with van der Waals surface area (Å²) in [7, 11) is -5.02. The number of anilines is 2. The number of carbonyl (C=O) groups excluding carboxylic acids is 2. The molecule has 0 radical (unpaired) electrons. The molecule has 0 atom stereocenters. The van der Waals surface area contributed by atoms with Gasteiger partial charge in [-0.25, -0.2) is 9.59 Å². The lowest BCUT2D eigenvalue weighted by Crippen LogP contribution is -2.45. The molecule has 1 rings (SSSR count). The summed E-state index contributed by atoms with van der Waals surface area (Å²) < 4.78 is 35.7. The van der Waals surface area contributed by atoms with Gasteiger partial charge in [0.15, 0.2) is 0 Å². The van der Waals surface area contributed by atoms with E-state index in [4.69, 9.17) is 26.6 Å². The summed E-state index contributed by atoms with van der Waals surface area (Å²) in [4.78, 5) is 24.7. The first-order valence-electron chi connectivity index (χ1n) is 21.3. The Labute approximate surface area is 331 Å². The molecule has 0 bridgehead atoms. The molecule has 12 nitrogen and oxygen atoms in total. The lowest BCUT2D eigenvalue weighted by Gasteiger charge is -2.28. The molecule has 0 spiro atoms. The number of hydrogen-bond acceptors (Lipinski definition) is 8. The molecular weight excluding hydrogens is 721 g/mol. The number of benzene rings is 1. The number of amides is 4. The van der Waals surface area contributed by atoms with Crippen LogP contribution in [-0.4, -0.2) is 82.4 Å². The van der Waals surface area contributed by atoms with Crippen LogP contribution < -0.4 is 21.3 Å². The fourth-order valence-electron chi connectivity index (χ4n) is 6.45. The second-order valence-corrected chi connectivity index (χ2v) is 18.9. The summed E-state index contributed by atoms with van der Waals surface area (Å²) in [6.07, 6.45) is 18.2. The number of nitrogens with one attached hydrogen (secondary N) is 4. The number of unbranched alkanes of at least 4 members (excludes halogenated alkanes) is 14. The zero-order chi connectivity index (χ0) is 39.6. The molecule has 0 aliphatic heterocycles. The van der Waals surface area contributed by atoms with E-state index in [2.05, 4.69) is 21.3 Å². The molecule has 0 fully saturated rings.